The van der Waals surface area contributed by atoms with Crippen LogP contribution in [0.15, 0.2) is 42.5 Å². The van der Waals surface area contributed by atoms with Gasteiger partial charge in [0.05, 0.1) is 5.69 Å². The number of hydrogen-bond donors (Lipinski definition) is 0. The third kappa shape index (κ3) is 1.59. The van der Waals surface area contributed by atoms with Crippen molar-refractivity contribution in [2.24, 2.45) is 0 Å². The zero-order chi connectivity index (χ0) is 12.5. The van der Waals surface area contributed by atoms with Crippen LogP contribution in [0.5, 0.6) is 0 Å². The van der Waals surface area contributed by atoms with Gasteiger partial charge in [-0.25, -0.2) is 9.50 Å². The van der Waals surface area contributed by atoms with Gasteiger partial charge in [0.25, 0.3) is 0 Å². The van der Waals surface area contributed by atoms with Gasteiger partial charge in [0.2, 0.25) is 0 Å². The van der Waals surface area contributed by atoms with E-state index in [1.165, 1.54) is 0 Å². The van der Waals surface area contributed by atoms with Crippen molar-refractivity contribution in [1.29, 1.82) is 0 Å². The average Bonchev–Trinajstić information content (AvgIpc) is 2.77. The maximum Gasteiger partial charge on any atom is 0.170 e. The van der Waals surface area contributed by atoms with Crippen LogP contribution in [0.4, 0.5) is 0 Å². The van der Waals surface area contributed by atoms with Crippen molar-refractivity contribution in [1.82, 2.24) is 14.6 Å². The normalized spacial score (nSPS) is 10.7. The largest absolute Gasteiger partial charge is 0.296 e. The van der Waals surface area contributed by atoms with E-state index in [2.05, 4.69) is 10.1 Å². The molecule has 0 radical (unpaired) electrons. The van der Waals surface area contributed by atoms with E-state index in [-0.39, 0.29) is 0 Å². The molecule has 88 valence electrons. The van der Waals surface area contributed by atoms with Gasteiger partial charge in [-0.3, -0.25) is 4.79 Å². The van der Waals surface area contributed by atoms with Gasteiger partial charge in [-0.2, -0.15) is 5.10 Å². The lowest BCUT2D eigenvalue weighted by atomic mass is 10.1. The predicted octanol–water partition coefficient (Wildman–Crippen LogP) is 2.52. The Kier molecular flexibility index (Phi) is 2.41. The van der Waals surface area contributed by atoms with Gasteiger partial charge in [-0.05, 0) is 19.1 Å². The highest BCUT2D eigenvalue weighted by atomic mass is 16.1. The maximum absolute atomic E-state index is 11.3. The van der Waals surface area contributed by atoms with E-state index < -0.39 is 0 Å². The summed E-state index contributed by atoms with van der Waals surface area (Å²) in [6, 6.07) is 13.4. The number of carbonyl (C=O) groups is 1. The van der Waals surface area contributed by atoms with Gasteiger partial charge in [0.1, 0.15) is 11.4 Å². The van der Waals surface area contributed by atoms with E-state index in [0.29, 0.717) is 17.0 Å². The lowest BCUT2D eigenvalue weighted by molar-refractivity contribution is 0.111. The lowest BCUT2D eigenvalue weighted by Crippen LogP contribution is -1.98. The molecule has 2 heterocycles. The monoisotopic (exact) mass is 237 g/mol. The number of nitrogens with zero attached hydrogens (tertiary/aromatic N) is 3. The summed E-state index contributed by atoms with van der Waals surface area (Å²) in [5.74, 6) is 0. The second kappa shape index (κ2) is 4.07. The van der Waals surface area contributed by atoms with Crippen molar-refractivity contribution in [2.75, 3.05) is 0 Å². The maximum atomic E-state index is 11.3. The molecule has 0 aliphatic heterocycles. The van der Waals surface area contributed by atoms with Gasteiger partial charge in [-0.1, -0.05) is 30.3 Å². The Hall–Kier alpha value is -2.49. The van der Waals surface area contributed by atoms with Crippen molar-refractivity contribution in [3.8, 4) is 11.3 Å². The summed E-state index contributed by atoms with van der Waals surface area (Å²) >= 11 is 0. The molecule has 0 bridgehead atoms. The van der Waals surface area contributed by atoms with Crippen LogP contribution in [0.1, 0.15) is 16.2 Å². The SMILES string of the molecule is Cc1ccc2nc(-c3ccccc3)c(C=O)n2n1. The fourth-order valence-corrected chi connectivity index (χ4v) is 1.96. The molecule has 18 heavy (non-hydrogen) atoms. The van der Waals surface area contributed by atoms with Crippen LogP contribution in [0, 0.1) is 6.92 Å². The minimum atomic E-state index is 0.486. The van der Waals surface area contributed by atoms with E-state index in [4.69, 9.17) is 0 Å². The predicted molar refractivity (Wildman–Crippen MR) is 68.5 cm³/mol. The van der Waals surface area contributed by atoms with Crippen LogP contribution in [0.3, 0.4) is 0 Å². The molecule has 1 aromatic carbocycles. The Morgan fingerprint density at radius 1 is 1.11 bits per heavy atom. The van der Waals surface area contributed by atoms with E-state index in [0.717, 1.165) is 17.5 Å². The number of aromatic nitrogens is 3. The van der Waals surface area contributed by atoms with Gasteiger partial charge in [-0.15, -0.1) is 0 Å². The Bertz CT molecular complexity index is 716. The van der Waals surface area contributed by atoms with E-state index >= 15 is 0 Å². The number of fused-ring (bicyclic) bond motifs is 1. The van der Waals surface area contributed by atoms with Crippen LogP contribution >= 0.6 is 0 Å². The van der Waals surface area contributed by atoms with E-state index in [1.807, 2.05) is 49.4 Å². The van der Waals surface area contributed by atoms with Crippen LogP contribution in [0.2, 0.25) is 0 Å². The summed E-state index contributed by atoms with van der Waals surface area (Å²) in [5, 5.41) is 4.32. The molecule has 3 aromatic rings. The molecule has 3 rings (SSSR count). The first-order valence-electron chi connectivity index (χ1n) is 5.66. The fraction of sp³-hybridized carbons (Fsp3) is 0.0714. The number of rotatable bonds is 2. The van der Waals surface area contributed by atoms with E-state index in [1.54, 1.807) is 4.52 Å². The quantitative estimate of drug-likeness (QED) is 0.643. The summed E-state index contributed by atoms with van der Waals surface area (Å²) in [6.45, 7) is 1.89. The number of carbonyl (C=O) groups excluding carboxylic acids is 1. The minimum absolute atomic E-state index is 0.486. The molecule has 4 nitrogen and oxygen atoms in total. The minimum Gasteiger partial charge on any atom is -0.296 e. The molecule has 0 saturated heterocycles. The van der Waals surface area contributed by atoms with Crippen LogP contribution in [-0.4, -0.2) is 20.9 Å². The molecule has 0 unspecified atom stereocenters. The molecule has 0 atom stereocenters. The molecule has 2 aromatic heterocycles. The summed E-state index contributed by atoms with van der Waals surface area (Å²) in [6.07, 6.45) is 0.800. The Morgan fingerprint density at radius 3 is 2.61 bits per heavy atom. The molecular weight excluding hydrogens is 226 g/mol. The first-order chi connectivity index (χ1) is 8.79. The zero-order valence-corrected chi connectivity index (χ0v) is 9.87. The number of aryl methyl sites for hydroxylation is 1. The molecule has 0 aliphatic rings. The topological polar surface area (TPSA) is 47.3 Å². The number of imidazole rings is 1. The standard InChI is InChI=1S/C14H11N3O/c1-10-7-8-13-15-14(11-5-3-2-4-6-11)12(9-18)17(13)16-10/h2-9H,1H3. The van der Waals surface area contributed by atoms with Crippen LogP contribution in [0.25, 0.3) is 16.9 Å². The highest BCUT2D eigenvalue weighted by molar-refractivity contribution is 5.85. The first-order valence-corrected chi connectivity index (χ1v) is 5.66. The summed E-state index contributed by atoms with van der Waals surface area (Å²) in [5.41, 5.74) is 3.61. The van der Waals surface area contributed by atoms with Crippen molar-refractivity contribution >= 4 is 11.9 Å². The summed E-state index contributed by atoms with van der Waals surface area (Å²) in [7, 11) is 0. The van der Waals surface area contributed by atoms with Crippen molar-refractivity contribution < 1.29 is 4.79 Å². The average molecular weight is 237 g/mol. The smallest absolute Gasteiger partial charge is 0.170 e. The molecule has 0 aliphatic carbocycles. The van der Waals surface area contributed by atoms with Crippen molar-refractivity contribution in [2.45, 2.75) is 6.92 Å². The molecule has 0 fully saturated rings. The third-order valence-electron chi connectivity index (χ3n) is 2.80. The molecule has 0 N–H and O–H groups in total. The first kappa shape index (κ1) is 10.7. The van der Waals surface area contributed by atoms with Crippen LogP contribution < -0.4 is 0 Å². The Labute approximate surface area is 104 Å². The lowest BCUT2D eigenvalue weighted by Gasteiger charge is -1.97. The van der Waals surface area contributed by atoms with Gasteiger partial charge in [0.15, 0.2) is 11.9 Å². The third-order valence-corrected chi connectivity index (χ3v) is 2.80. The fourth-order valence-electron chi connectivity index (χ4n) is 1.96. The Balaban J connectivity index is 2.33. The molecule has 0 amide bonds. The summed E-state index contributed by atoms with van der Waals surface area (Å²) < 4.78 is 1.59. The van der Waals surface area contributed by atoms with Gasteiger partial charge < -0.3 is 0 Å². The van der Waals surface area contributed by atoms with Crippen molar-refractivity contribution in [3.05, 3.63) is 53.9 Å². The zero-order valence-electron chi connectivity index (χ0n) is 9.87. The molecule has 4 heteroatoms. The molecule has 0 saturated carbocycles. The number of hydrogen-bond acceptors (Lipinski definition) is 3. The van der Waals surface area contributed by atoms with E-state index in [9.17, 15) is 4.79 Å². The van der Waals surface area contributed by atoms with Crippen LogP contribution in [-0.2, 0) is 0 Å². The second-order valence-electron chi connectivity index (χ2n) is 4.07. The number of aldehydes is 1. The molecule has 0 spiro atoms. The highest BCUT2D eigenvalue weighted by Crippen LogP contribution is 2.22. The van der Waals surface area contributed by atoms with Gasteiger partial charge in [0, 0.05) is 5.56 Å². The Morgan fingerprint density at radius 2 is 1.89 bits per heavy atom. The molecular formula is C14H11N3O. The second-order valence-corrected chi connectivity index (χ2v) is 4.07. The highest BCUT2D eigenvalue weighted by Gasteiger charge is 2.13. The summed E-state index contributed by atoms with van der Waals surface area (Å²) in [4.78, 5) is 15.8. The van der Waals surface area contributed by atoms with Crippen molar-refractivity contribution in [3.63, 3.8) is 0 Å². The number of benzene rings is 1. The van der Waals surface area contributed by atoms with Gasteiger partial charge >= 0.3 is 0 Å².